The van der Waals surface area contributed by atoms with Gasteiger partial charge in [-0.05, 0) is 23.3 Å². The number of phenolic OH excluding ortho intramolecular Hbond substituents is 1. The number of hydrogen-bond donors (Lipinski definition) is 1. The molecule has 0 fully saturated rings. The minimum atomic E-state index is -0.535. The number of carbonyl (C=O) groups is 2. The van der Waals surface area contributed by atoms with Crippen LogP contribution >= 0.6 is 0 Å². The zero-order valence-electron chi connectivity index (χ0n) is 8.96. The molecular formula is C14H10O3. The van der Waals surface area contributed by atoms with Crippen molar-refractivity contribution in [1.29, 1.82) is 0 Å². The summed E-state index contributed by atoms with van der Waals surface area (Å²) in [7, 11) is 0. The number of rotatable bonds is 3. The Morgan fingerprint density at radius 2 is 1.71 bits per heavy atom. The Balaban J connectivity index is 2.35. The normalized spacial score (nSPS) is 9.88. The third-order valence-corrected chi connectivity index (χ3v) is 2.46. The molecule has 0 aliphatic carbocycles. The summed E-state index contributed by atoms with van der Waals surface area (Å²) in [6.45, 7) is 0. The first-order chi connectivity index (χ1) is 8.20. The summed E-state index contributed by atoms with van der Waals surface area (Å²) in [5, 5.41) is 9.35. The molecule has 0 bridgehead atoms. The van der Waals surface area contributed by atoms with Crippen LogP contribution in [0.4, 0.5) is 0 Å². The number of hydrogen-bond acceptors (Lipinski definition) is 3. The van der Waals surface area contributed by atoms with Gasteiger partial charge in [-0.1, -0.05) is 36.4 Å². The molecule has 0 aromatic heterocycles. The van der Waals surface area contributed by atoms with Crippen LogP contribution in [0.15, 0.2) is 48.5 Å². The molecular weight excluding hydrogens is 216 g/mol. The summed E-state index contributed by atoms with van der Waals surface area (Å²) in [5.74, 6) is -0.344. The van der Waals surface area contributed by atoms with Crippen molar-refractivity contribution >= 4 is 12.1 Å². The molecule has 0 saturated carbocycles. The minimum Gasteiger partial charge on any atom is -0.508 e. The highest BCUT2D eigenvalue weighted by atomic mass is 16.3. The first-order valence-corrected chi connectivity index (χ1v) is 5.09. The van der Waals surface area contributed by atoms with Gasteiger partial charge in [-0.15, -0.1) is 0 Å². The van der Waals surface area contributed by atoms with E-state index in [1.807, 2.05) is 6.07 Å². The van der Waals surface area contributed by atoms with Crippen molar-refractivity contribution in [2.75, 3.05) is 0 Å². The van der Waals surface area contributed by atoms with Gasteiger partial charge < -0.3 is 5.11 Å². The number of Topliss-reactive ketones (excluding diaryl/α,β-unsaturated/α-hetero) is 1. The van der Waals surface area contributed by atoms with Crippen LogP contribution in [0.5, 0.6) is 5.75 Å². The van der Waals surface area contributed by atoms with E-state index in [0.717, 1.165) is 11.1 Å². The summed E-state index contributed by atoms with van der Waals surface area (Å²) < 4.78 is 0. The molecule has 0 atom stereocenters. The molecule has 1 N–H and O–H groups in total. The number of carbonyl (C=O) groups excluding carboxylic acids is 2. The van der Waals surface area contributed by atoms with Crippen molar-refractivity contribution in [2.45, 2.75) is 0 Å². The molecule has 17 heavy (non-hydrogen) atoms. The van der Waals surface area contributed by atoms with Gasteiger partial charge in [-0.25, -0.2) is 0 Å². The summed E-state index contributed by atoms with van der Waals surface area (Å²) in [5.41, 5.74) is 2.10. The van der Waals surface area contributed by atoms with E-state index in [-0.39, 0.29) is 5.75 Å². The van der Waals surface area contributed by atoms with Crippen molar-refractivity contribution in [3.8, 4) is 16.9 Å². The second-order valence-electron chi connectivity index (χ2n) is 3.61. The first-order valence-electron chi connectivity index (χ1n) is 5.09. The van der Waals surface area contributed by atoms with Gasteiger partial charge in [0.05, 0.1) is 0 Å². The van der Waals surface area contributed by atoms with Crippen LogP contribution in [-0.4, -0.2) is 17.2 Å². The molecule has 3 heteroatoms. The van der Waals surface area contributed by atoms with Crippen molar-refractivity contribution in [2.24, 2.45) is 0 Å². The molecule has 0 spiro atoms. The van der Waals surface area contributed by atoms with E-state index in [1.165, 1.54) is 0 Å². The van der Waals surface area contributed by atoms with Crippen molar-refractivity contribution < 1.29 is 14.7 Å². The Kier molecular flexibility index (Phi) is 3.01. The minimum absolute atomic E-state index is 0.190. The van der Waals surface area contributed by atoms with Gasteiger partial charge in [0.15, 0.2) is 6.29 Å². The number of ketones is 1. The van der Waals surface area contributed by atoms with E-state index in [1.54, 1.807) is 42.5 Å². The van der Waals surface area contributed by atoms with Crippen molar-refractivity contribution in [3.05, 3.63) is 54.1 Å². The molecule has 0 radical (unpaired) electrons. The second-order valence-corrected chi connectivity index (χ2v) is 3.61. The maximum atomic E-state index is 11.1. The topological polar surface area (TPSA) is 54.4 Å². The fourth-order valence-electron chi connectivity index (χ4n) is 1.58. The fourth-order valence-corrected chi connectivity index (χ4v) is 1.58. The Bertz CT molecular complexity index is 556. The summed E-state index contributed by atoms with van der Waals surface area (Å²) in [6.07, 6.45) is 0.295. The fraction of sp³-hybridized carbons (Fsp3) is 0. The Morgan fingerprint density at radius 1 is 1.00 bits per heavy atom. The van der Waals surface area contributed by atoms with Gasteiger partial charge >= 0.3 is 0 Å². The number of phenols is 1. The lowest BCUT2D eigenvalue weighted by atomic mass is 10.0. The van der Waals surface area contributed by atoms with E-state index < -0.39 is 5.78 Å². The SMILES string of the molecule is O=CC(=O)c1ccc(-c2cccc(O)c2)cc1. The average molecular weight is 226 g/mol. The lowest BCUT2D eigenvalue weighted by Crippen LogP contribution is -1.98. The Morgan fingerprint density at radius 3 is 2.29 bits per heavy atom. The van der Waals surface area contributed by atoms with Crippen LogP contribution in [0.3, 0.4) is 0 Å². The van der Waals surface area contributed by atoms with Gasteiger partial charge in [-0.2, -0.15) is 0 Å². The van der Waals surface area contributed by atoms with Crippen LogP contribution in [0, 0.1) is 0 Å². The molecule has 0 unspecified atom stereocenters. The van der Waals surface area contributed by atoms with Gasteiger partial charge in [-0.3, -0.25) is 9.59 Å². The van der Waals surface area contributed by atoms with Crippen LogP contribution < -0.4 is 0 Å². The zero-order chi connectivity index (χ0) is 12.3. The van der Waals surface area contributed by atoms with Gasteiger partial charge in [0.2, 0.25) is 5.78 Å². The molecule has 2 rings (SSSR count). The first kappa shape index (κ1) is 11.1. The number of aldehydes is 1. The molecule has 0 saturated heterocycles. The second kappa shape index (κ2) is 4.61. The maximum absolute atomic E-state index is 11.1. The van der Waals surface area contributed by atoms with Crippen LogP contribution in [0.25, 0.3) is 11.1 Å². The highest BCUT2D eigenvalue weighted by Gasteiger charge is 2.04. The van der Waals surface area contributed by atoms with Crippen LogP contribution in [-0.2, 0) is 4.79 Å². The quantitative estimate of drug-likeness (QED) is 0.497. The van der Waals surface area contributed by atoms with E-state index in [0.29, 0.717) is 11.8 Å². The molecule has 2 aromatic rings. The summed E-state index contributed by atoms with van der Waals surface area (Å²) >= 11 is 0. The van der Waals surface area contributed by atoms with Gasteiger partial charge in [0, 0.05) is 5.56 Å². The molecule has 0 heterocycles. The maximum Gasteiger partial charge on any atom is 0.225 e. The highest BCUT2D eigenvalue weighted by molar-refractivity contribution is 6.33. The molecule has 3 nitrogen and oxygen atoms in total. The van der Waals surface area contributed by atoms with E-state index >= 15 is 0 Å². The molecule has 2 aromatic carbocycles. The third kappa shape index (κ3) is 2.39. The summed E-state index contributed by atoms with van der Waals surface area (Å²) in [4.78, 5) is 21.4. The molecule has 0 aliphatic heterocycles. The lowest BCUT2D eigenvalue weighted by Gasteiger charge is -2.02. The monoisotopic (exact) mass is 226 g/mol. The average Bonchev–Trinajstić information content (AvgIpc) is 2.38. The summed E-state index contributed by atoms with van der Waals surface area (Å²) in [6, 6.07) is 13.5. The predicted molar refractivity (Wildman–Crippen MR) is 63.9 cm³/mol. The predicted octanol–water partition coefficient (Wildman–Crippen LogP) is 2.44. The van der Waals surface area contributed by atoms with Crippen molar-refractivity contribution in [3.63, 3.8) is 0 Å². The van der Waals surface area contributed by atoms with Gasteiger partial charge in [0.1, 0.15) is 5.75 Å². The van der Waals surface area contributed by atoms with Crippen LogP contribution in [0.2, 0.25) is 0 Å². The number of benzene rings is 2. The van der Waals surface area contributed by atoms with E-state index in [2.05, 4.69) is 0 Å². The Hall–Kier alpha value is -2.42. The smallest absolute Gasteiger partial charge is 0.225 e. The molecule has 84 valence electrons. The highest BCUT2D eigenvalue weighted by Crippen LogP contribution is 2.23. The standard InChI is InChI=1S/C14H10O3/c15-9-14(17)11-6-4-10(5-7-11)12-2-1-3-13(16)8-12/h1-9,16H. The van der Waals surface area contributed by atoms with E-state index in [4.69, 9.17) is 0 Å². The largest absolute Gasteiger partial charge is 0.508 e. The number of aromatic hydroxyl groups is 1. The third-order valence-electron chi connectivity index (χ3n) is 2.46. The van der Waals surface area contributed by atoms with Gasteiger partial charge in [0.25, 0.3) is 0 Å². The van der Waals surface area contributed by atoms with Crippen molar-refractivity contribution in [1.82, 2.24) is 0 Å². The lowest BCUT2D eigenvalue weighted by molar-refractivity contribution is -0.104. The zero-order valence-corrected chi connectivity index (χ0v) is 8.96. The van der Waals surface area contributed by atoms with E-state index in [9.17, 15) is 14.7 Å². The molecule has 0 aliphatic rings. The van der Waals surface area contributed by atoms with Crippen LogP contribution in [0.1, 0.15) is 10.4 Å². The Labute approximate surface area is 98.3 Å². The molecule has 0 amide bonds.